The SMILES string of the molecule is CCCSCc1noc(-c2ccc(N)cc2O)n1. The van der Waals surface area contributed by atoms with Gasteiger partial charge >= 0.3 is 0 Å². The van der Waals surface area contributed by atoms with Gasteiger partial charge in [-0.1, -0.05) is 12.1 Å². The van der Waals surface area contributed by atoms with Gasteiger partial charge in [0.2, 0.25) is 0 Å². The lowest BCUT2D eigenvalue weighted by Gasteiger charge is -1.99. The third-order valence-corrected chi connectivity index (χ3v) is 3.46. The monoisotopic (exact) mass is 265 g/mol. The molecule has 96 valence electrons. The van der Waals surface area contributed by atoms with Gasteiger partial charge in [-0.25, -0.2) is 0 Å². The van der Waals surface area contributed by atoms with Crippen LogP contribution in [0.25, 0.3) is 11.5 Å². The van der Waals surface area contributed by atoms with Crippen molar-refractivity contribution in [3.63, 3.8) is 0 Å². The van der Waals surface area contributed by atoms with E-state index < -0.39 is 0 Å². The maximum Gasteiger partial charge on any atom is 0.261 e. The first kappa shape index (κ1) is 12.8. The number of hydrogen-bond acceptors (Lipinski definition) is 6. The lowest BCUT2D eigenvalue weighted by Crippen LogP contribution is -1.87. The summed E-state index contributed by atoms with van der Waals surface area (Å²) in [6.07, 6.45) is 1.12. The first-order chi connectivity index (χ1) is 8.70. The van der Waals surface area contributed by atoms with E-state index in [0.717, 1.165) is 12.2 Å². The summed E-state index contributed by atoms with van der Waals surface area (Å²) in [6.45, 7) is 2.13. The number of aromatic nitrogens is 2. The van der Waals surface area contributed by atoms with E-state index in [9.17, 15) is 5.11 Å². The largest absolute Gasteiger partial charge is 0.507 e. The number of aromatic hydroxyl groups is 1. The van der Waals surface area contributed by atoms with E-state index in [1.807, 2.05) is 0 Å². The highest BCUT2D eigenvalue weighted by atomic mass is 32.2. The average molecular weight is 265 g/mol. The van der Waals surface area contributed by atoms with Crippen molar-refractivity contribution in [2.24, 2.45) is 0 Å². The van der Waals surface area contributed by atoms with Crippen LogP contribution in [0.2, 0.25) is 0 Å². The molecule has 18 heavy (non-hydrogen) atoms. The fraction of sp³-hybridized carbons (Fsp3) is 0.333. The summed E-state index contributed by atoms with van der Waals surface area (Å²) >= 11 is 1.75. The van der Waals surface area contributed by atoms with Crippen molar-refractivity contribution in [2.45, 2.75) is 19.1 Å². The molecule has 0 spiro atoms. The maximum atomic E-state index is 9.76. The van der Waals surface area contributed by atoms with Crippen LogP contribution in [-0.4, -0.2) is 21.0 Å². The van der Waals surface area contributed by atoms with E-state index in [2.05, 4.69) is 17.1 Å². The number of thioether (sulfide) groups is 1. The normalized spacial score (nSPS) is 10.7. The zero-order chi connectivity index (χ0) is 13.0. The molecule has 0 radical (unpaired) electrons. The molecule has 0 atom stereocenters. The van der Waals surface area contributed by atoms with Gasteiger partial charge in [0.15, 0.2) is 5.82 Å². The highest BCUT2D eigenvalue weighted by Crippen LogP contribution is 2.29. The molecule has 6 heteroatoms. The summed E-state index contributed by atoms with van der Waals surface area (Å²) in [4.78, 5) is 4.24. The smallest absolute Gasteiger partial charge is 0.261 e. The van der Waals surface area contributed by atoms with Crippen LogP contribution in [0.1, 0.15) is 19.2 Å². The van der Waals surface area contributed by atoms with E-state index in [-0.39, 0.29) is 5.75 Å². The first-order valence-electron chi connectivity index (χ1n) is 5.70. The first-order valence-corrected chi connectivity index (χ1v) is 6.85. The third-order valence-electron chi connectivity index (χ3n) is 2.30. The number of nitrogens with two attached hydrogens (primary N) is 1. The molecule has 0 saturated carbocycles. The molecule has 0 fully saturated rings. The molecule has 0 aliphatic carbocycles. The molecule has 0 bridgehead atoms. The van der Waals surface area contributed by atoms with Crippen LogP contribution in [0, 0.1) is 0 Å². The number of phenols is 1. The Morgan fingerprint density at radius 1 is 1.44 bits per heavy atom. The highest BCUT2D eigenvalue weighted by molar-refractivity contribution is 7.98. The van der Waals surface area contributed by atoms with Crippen LogP contribution in [0.4, 0.5) is 5.69 Å². The molecule has 1 aromatic heterocycles. The summed E-state index contributed by atoms with van der Waals surface area (Å²) in [5, 5.41) is 13.6. The number of anilines is 1. The number of phenolic OH excluding ortho intramolecular Hbond substituents is 1. The van der Waals surface area contributed by atoms with Gasteiger partial charge in [0.05, 0.1) is 11.3 Å². The molecule has 3 N–H and O–H groups in total. The predicted molar refractivity (Wildman–Crippen MR) is 72.3 cm³/mol. The maximum absolute atomic E-state index is 9.76. The Kier molecular flexibility index (Phi) is 4.09. The van der Waals surface area contributed by atoms with Gasteiger partial charge in [-0.2, -0.15) is 16.7 Å². The Morgan fingerprint density at radius 2 is 2.28 bits per heavy atom. The lowest BCUT2D eigenvalue weighted by atomic mass is 10.2. The number of nitrogens with zero attached hydrogens (tertiary/aromatic N) is 2. The summed E-state index contributed by atoms with van der Waals surface area (Å²) in [6, 6.07) is 4.82. The molecule has 0 unspecified atom stereocenters. The van der Waals surface area contributed by atoms with Crippen molar-refractivity contribution in [1.82, 2.24) is 10.1 Å². The number of rotatable bonds is 5. The minimum atomic E-state index is 0.0476. The molecular weight excluding hydrogens is 250 g/mol. The molecule has 0 aliphatic rings. The molecule has 5 nitrogen and oxygen atoms in total. The Hall–Kier alpha value is -1.69. The lowest BCUT2D eigenvalue weighted by molar-refractivity contribution is 0.419. The van der Waals surface area contributed by atoms with Crippen molar-refractivity contribution in [3.8, 4) is 17.2 Å². The summed E-state index contributed by atoms with van der Waals surface area (Å²) in [5.41, 5.74) is 6.56. The molecule has 0 aliphatic heterocycles. The van der Waals surface area contributed by atoms with Gasteiger partial charge in [-0.3, -0.25) is 0 Å². The molecule has 1 heterocycles. The van der Waals surface area contributed by atoms with E-state index in [0.29, 0.717) is 28.7 Å². The van der Waals surface area contributed by atoms with Crippen LogP contribution in [0.5, 0.6) is 5.75 Å². The van der Waals surface area contributed by atoms with E-state index in [1.54, 1.807) is 23.9 Å². The highest BCUT2D eigenvalue weighted by Gasteiger charge is 2.12. The summed E-state index contributed by atoms with van der Waals surface area (Å²) in [5.74, 6) is 2.79. The quantitative estimate of drug-likeness (QED) is 0.638. The van der Waals surface area contributed by atoms with Crippen molar-refractivity contribution >= 4 is 17.4 Å². The Balaban J connectivity index is 2.13. The van der Waals surface area contributed by atoms with Gasteiger partial charge in [0.1, 0.15) is 5.75 Å². The number of hydrogen-bond donors (Lipinski definition) is 2. The minimum Gasteiger partial charge on any atom is -0.507 e. The fourth-order valence-corrected chi connectivity index (χ4v) is 2.19. The second kappa shape index (κ2) is 5.77. The minimum absolute atomic E-state index is 0.0476. The van der Waals surface area contributed by atoms with Crippen molar-refractivity contribution in [2.75, 3.05) is 11.5 Å². The Bertz CT molecular complexity index is 528. The van der Waals surface area contributed by atoms with Crippen LogP contribution in [0.15, 0.2) is 22.7 Å². The zero-order valence-corrected chi connectivity index (χ0v) is 10.9. The van der Waals surface area contributed by atoms with Gasteiger partial charge < -0.3 is 15.4 Å². The summed E-state index contributed by atoms with van der Waals surface area (Å²) < 4.78 is 5.13. The molecule has 1 aromatic carbocycles. The van der Waals surface area contributed by atoms with E-state index in [1.165, 1.54) is 6.07 Å². The molecule has 2 rings (SSSR count). The van der Waals surface area contributed by atoms with Crippen molar-refractivity contribution in [1.29, 1.82) is 0 Å². The van der Waals surface area contributed by atoms with Crippen LogP contribution in [0.3, 0.4) is 0 Å². The zero-order valence-electron chi connectivity index (χ0n) is 10.1. The average Bonchev–Trinajstić information content (AvgIpc) is 2.78. The van der Waals surface area contributed by atoms with Crippen molar-refractivity contribution in [3.05, 3.63) is 24.0 Å². The van der Waals surface area contributed by atoms with Gasteiger partial charge in [0.25, 0.3) is 5.89 Å². The Morgan fingerprint density at radius 3 is 3.00 bits per heavy atom. The van der Waals surface area contributed by atoms with Crippen LogP contribution >= 0.6 is 11.8 Å². The second-order valence-electron chi connectivity index (χ2n) is 3.84. The van der Waals surface area contributed by atoms with E-state index in [4.69, 9.17) is 10.3 Å². The third kappa shape index (κ3) is 2.95. The molecular formula is C12H15N3O2S. The van der Waals surface area contributed by atoms with Crippen LogP contribution in [-0.2, 0) is 5.75 Å². The number of nitrogen functional groups attached to an aromatic ring is 1. The van der Waals surface area contributed by atoms with E-state index >= 15 is 0 Å². The van der Waals surface area contributed by atoms with Gasteiger partial charge in [0, 0.05) is 11.8 Å². The topological polar surface area (TPSA) is 85.2 Å². The fourth-order valence-electron chi connectivity index (χ4n) is 1.46. The van der Waals surface area contributed by atoms with Crippen LogP contribution < -0.4 is 5.73 Å². The Labute approximate surface area is 109 Å². The second-order valence-corrected chi connectivity index (χ2v) is 4.95. The molecule has 0 saturated heterocycles. The number of benzene rings is 1. The standard InChI is InChI=1S/C12H15N3O2S/c1-2-5-18-7-11-14-12(17-15-11)9-4-3-8(13)6-10(9)16/h3-4,6,16H,2,5,7,13H2,1H3. The summed E-state index contributed by atoms with van der Waals surface area (Å²) in [7, 11) is 0. The molecule has 2 aromatic rings. The van der Waals surface area contributed by atoms with Gasteiger partial charge in [-0.15, -0.1) is 0 Å². The predicted octanol–water partition coefficient (Wildman–Crippen LogP) is 2.67. The molecule has 0 amide bonds. The van der Waals surface area contributed by atoms with Crippen molar-refractivity contribution < 1.29 is 9.63 Å². The van der Waals surface area contributed by atoms with Gasteiger partial charge in [-0.05, 0) is 24.3 Å².